The van der Waals surface area contributed by atoms with Gasteiger partial charge in [0.05, 0.1) is 12.5 Å². The fourth-order valence-corrected chi connectivity index (χ4v) is 2.65. The van der Waals surface area contributed by atoms with Crippen LogP contribution in [0, 0.1) is 0 Å². The standard InChI is InChI=1S/C14H19N5O3S/c1-15-13(10-8-16-19(2)9-10)14(20)17-11-4-6-12(7-5-11)18-23(3,21)22/h4-9,13,15,18H,1-3H3,(H,17,20). The Morgan fingerprint density at radius 3 is 2.30 bits per heavy atom. The van der Waals surface area contributed by atoms with Gasteiger partial charge in [-0.15, -0.1) is 0 Å². The lowest BCUT2D eigenvalue weighted by atomic mass is 10.1. The van der Waals surface area contributed by atoms with Crippen molar-refractivity contribution in [2.45, 2.75) is 6.04 Å². The van der Waals surface area contributed by atoms with Crippen LogP contribution in [-0.2, 0) is 21.9 Å². The number of likely N-dealkylation sites (N-methyl/N-ethyl adjacent to an activating group) is 1. The molecule has 23 heavy (non-hydrogen) atoms. The molecule has 0 aliphatic heterocycles. The van der Waals surface area contributed by atoms with Gasteiger partial charge in [-0.3, -0.25) is 14.2 Å². The van der Waals surface area contributed by atoms with Crippen molar-refractivity contribution in [3.63, 3.8) is 0 Å². The van der Waals surface area contributed by atoms with Crippen LogP contribution in [0.4, 0.5) is 11.4 Å². The predicted molar refractivity (Wildman–Crippen MR) is 88.5 cm³/mol. The molecule has 0 aliphatic rings. The molecule has 0 aliphatic carbocycles. The fraction of sp³-hybridized carbons (Fsp3) is 0.286. The van der Waals surface area contributed by atoms with Crippen molar-refractivity contribution in [2.24, 2.45) is 7.05 Å². The first-order chi connectivity index (χ1) is 10.8. The second-order valence-electron chi connectivity index (χ2n) is 5.11. The molecule has 1 aromatic heterocycles. The van der Waals surface area contributed by atoms with Gasteiger partial charge in [-0.05, 0) is 31.3 Å². The molecule has 0 radical (unpaired) electrons. The highest BCUT2D eigenvalue weighted by atomic mass is 32.2. The third-order valence-corrected chi connectivity index (χ3v) is 3.67. The molecule has 1 aromatic carbocycles. The van der Waals surface area contributed by atoms with E-state index in [0.717, 1.165) is 11.8 Å². The quantitative estimate of drug-likeness (QED) is 0.719. The largest absolute Gasteiger partial charge is 0.324 e. The third-order valence-electron chi connectivity index (χ3n) is 3.06. The van der Waals surface area contributed by atoms with Gasteiger partial charge in [-0.1, -0.05) is 0 Å². The van der Waals surface area contributed by atoms with Crippen LogP contribution in [0.3, 0.4) is 0 Å². The Morgan fingerprint density at radius 1 is 1.22 bits per heavy atom. The Labute approximate surface area is 134 Å². The Balaban J connectivity index is 2.07. The summed E-state index contributed by atoms with van der Waals surface area (Å²) in [5.41, 5.74) is 1.75. The number of benzene rings is 1. The number of aromatic nitrogens is 2. The van der Waals surface area contributed by atoms with Crippen molar-refractivity contribution in [3.8, 4) is 0 Å². The molecule has 0 saturated carbocycles. The summed E-state index contributed by atoms with van der Waals surface area (Å²) in [6.45, 7) is 0. The smallest absolute Gasteiger partial charge is 0.246 e. The van der Waals surface area contributed by atoms with Crippen molar-refractivity contribution in [3.05, 3.63) is 42.2 Å². The third kappa shape index (κ3) is 4.80. The topological polar surface area (TPSA) is 105 Å². The maximum atomic E-state index is 12.3. The van der Waals surface area contributed by atoms with Crippen LogP contribution in [0.25, 0.3) is 0 Å². The molecular weight excluding hydrogens is 318 g/mol. The highest BCUT2D eigenvalue weighted by molar-refractivity contribution is 7.92. The molecular formula is C14H19N5O3S. The minimum atomic E-state index is -3.32. The molecule has 1 unspecified atom stereocenters. The molecule has 2 aromatic rings. The summed E-state index contributed by atoms with van der Waals surface area (Å²) in [6.07, 6.45) is 4.47. The maximum absolute atomic E-state index is 12.3. The minimum absolute atomic E-state index is 0.232. The van der Waals surface area contributed by atoms with E-state index in [1.165, 1.54) is 0 Å². The molecule has 9 heteroatoms. The van der Waals surface area contributed by atoms with E-state index in [9.17, 15) is 13.2 Å². The lowest BCUT2D eigenvalue weighted by Crippen LogP contribution is -2.30. The average molecular weight is 337 g/mol. The van der Waals surface area contributed by atoms with Gasteiger partial charge in [-0.25, -0.2) is 8.42 Å². The Bertz CT molecular complexity index is 783. The second-order valence-corrected chi connectivity index (χ2v) is 6.86. The summed E-state index contributed by atoms with van der Waals surface area (Å²) >= 11 is 0. The molecule has 0 bridgehead atoms. The monoisotopic (exact) mass is 337 g/mol. The normalized spacial score (nSPS) is 12.7. The van der Waals surface area contributed by atoms with Crippen LogP contribution in [0.15, 0.2) is 36.7 Å². The molecule has 124 valence electrons. The number of hydrogen-bond acceptors (Lipinski definition) is 5. The van der Waals surface area contributed by atoms with E-state index in [4.69, 9.17) is 0 Å². The molecule has 3 N–H and O–H groups in total. The molecule has 1 heterocycles. The zero-order chi connectivity index (χ0) is 17.0. The summed E-state index contributed by atoms with van der Waals surface area (Å²) < 4.78 is 26.3. The molecule has 8 nitrogen and oxygen atoms in total. The van der Waals surface area contributed by atoms with Gasteiger partial charge in [0, 0.05) is 30.2 Å². The van der Waals surface area contributed by atoms with Gasteiger partial charge >= 0.3 is 0 Å². The summed E-state index contributed by atoms with van der Waals surface area (Å²) in [6, 6.07) is 5.88. The van der Waals surface area contributed by atoms with Crippen LogP contribution in [-0.4, -0.2) is 37.4 Å². The Kier molecular flexibility index (Phi) is 5.02. The molecule has 1 atom stereocenters. The van der Waals surface area contributed by atoms with Crippen LogP contribution >= 0.6 is 0 Å². The first-order valence-electron chi connectivity index (χ1n) is 6.83. The van der Waals surface area contributed by atoms with Crippen molar-refractivity contribution in [1.82, 2.24) is 15.1 Å². The average Bonchev–Trinajstić information content (AvgIpc) is 2.86. The lowest BCUT2D eigenvalue weighted by Gasteiger charge is -2.15. The van der Waals surface area contributed by atoms with E-state index in [-0.39, 0.29) is 5.91 Å². The van der Waals surface area contributed by atoms with Crippen molar-refractivity contribution < 1.29 is 13.2 Å². The highest BCUT2D eigenvalue weighted by Crippen LogP contribution is 2.18. The molecule has 0 saturated heterocycles. The molecule has 1 amide bonds. The number of rotatable bonds is 6. The molecule has 2 rings (SSSR count). The first kappa shape index (κ1) is 17.0. The van der Waals surface area contributed by atoms with Crippen molar-refractivity contribution in [1.29, 1.82) is 0 Å². The molecule has 0 fully saturated rings. The number of anilines is 2. The van der Waals surface area contributed by atoms with E-state index in [1.54, 1.807) is 55.4 Å². The molecule has 0 spiro atoms. The fourth-order valence-electron chi connectivity index (χ4n) is 2.09. The number of hydrogen-bond donors (Lipinski definition) is 3. The zero-order valence-electron chi connectivity index (χ0n) is 13.1. The van der Waals surface area contributed by atoms with E-state index < -0.39 is 16.1 Å². The van der Waals surface area contributed by atoms with Gasteiger partial charge in [0.25, 0.3) is 0 Å². The van der Waals surface area contributed by atoms with E-state index >= 15 is 0 Å². The minimum Gasteiger partial charge on any atom is -0.324 e. The summed E-state index contributed by atoms with van der Waals surface area (Å²) in [5.74, 6) is -0.232. The predicted octanol–water partition coefficient (Wildman–Crippen LogP) is 0.691. The summed E-state index contributed by atoms with van der Waals surface area (Å²) in [7, 11) is 0.149. The Morgan fingerprint density at radius 2 is 1.83 bits per heavy atom. The van der Waals surface area contributed by atoms with Crippen LogP contribution in [0.5, 0.6) is 0 Å². The van der Waals surface area contributed by atoms with Crippen LogP contribution < -0.4 is 15.4 Å². The first-order valence-corrected chi connectivity index (χ1v) is 8.72. The number of carbonyl (C=O) groups is 1. The van der Waals surface area contributed by atoms with Gasteiger partial charge in [0.2, 0.25) is 15.9 Å². The van der Waals surface area contributed by atoms with E-state index in [1.807, 2.05) is 0 Å². The number of amides is 1. The summed E-state index contributed by atoms with van der Waals surface area (Å²) in [5, 5.41) is 9.76. The number of sulfonamides is 1. The SMILES string of the molecule is CNC(C(=O)Nc1ccc(NS(C)(=O)=O)cc1)c1cnn(C)c1. The lowest BCUT2D eigenvalue weighted by molar-refractivity contribution is -0.118. The van der Waals surface area contributed by atoms with Gasteiger partial charge < -0.3 is 10.6 Å². The van der Waals surface area contributed by atoms with Crippen LogP contribution in [0.2, 0.25) is 0 Å². The van der Waals surface area contributed by atoms with E-state index in [2.05, 4.69) is 20.5 Å². The second kappa shape index (κ2) is 6.80. The van der Waals surface area contributed by atoms with E-state index in [0.29, 0.717) is 11.4 Å². The number of nitrogens with one attached hydrogen (secondary N) is 3. The van der Waals surface area contributed by atoms with Crippen molar-refractivity contribution in [2.75, 3.05) is 23.3 Å². The zero-order valence-corrected chi connectivity index (χ0v) is 13.9. The number of aryl methyl sites for hydroxylation is 1. The highest BCUT2D eigenvalue weighted by Gasteiger charge is 2.20. The van der Waals surface area contributed by atoms with Crippen molar-refractivity contribution >= 4 is 27.3 Å². The summed E-state index contributed by atoms with van der Waals surface area (Å²) in [4.78, 5) is 12.3. The van der Waals surface area contributed by atoms with Gasteiger partial charge in [0.15, 0.2) is 0 Å². The Hall–Kier alpha value is -2.39. The number of nitrogens with zero attached hydrogens (tertiary/aromatic N) is 2. The number of carbonyl (C=O) groups excluding carboxylic acids is 1. The van der Waals surface area contributed by atoms with Gasteiger partial charge in [0.1, 0.15) is 6.04 Å². The van der Waals surface area contributed by atoms with Gasteiger partial charge in [-0.2, -0.15) is 5.10 Å². The van der Waals surface area contributed by atoms with Crippen LogP contribution in [0.1, 0.15) is 11.6 Å². The maximum Gasteiger partial charge on any atom is 0.246 e.